The van der Waals surface area contributed by atoms with Crippen molar-refractivity contribution < 1.29 is 9.90 Å². The topological polar surface area (TPSA) is 49.3 Å². The van der Waals surface area contributed by atoms with Crippen LogP contribution in [0.15, 0.2) is 24.3 Å². The van der Waals surface area contributed by atoms with Crippen LogP contribution >= 0.6 is 0 Å². The van der Waals surface area contributed by atoms with E-state index in [1.807, 2.05) is 24.3 Å². The van der Waals surface area contributed by atoms with Crippen LogP contribution in [0, 0.1) is 0 Å². The molecule has 0 aliphatic carbocycles. The number of hydrogen-bond donors (Lipinski definition) is 2. The van der Waals surface area contributed by atoms with E-state index in [2.05, 4.69) is 26.1 Å². The minimum Gasteiger partial charge on any atom is -0.394 e. The molecular weight excluding hydrogens is 214 g/mol. The number of carbonyl (C=O) groups is 1. The van der Waals surface area contributed by atoms with E-state index in [0.717, 1.165) is 0 Å². The summed E-state index contributed by atoms with van der Waals surface area (Å²) in [6, 6.07) is 7.36. The van der Waals surface area contributed by atoms with Crippen LogP contribution in [-0.2, 0) is 5.41 Å². The second-order valence-corrected chi connectivity index (χ2v) is 5.38. The van der Waals surface area contributed by atoms with E-state index in [1.165, 1.54) is 5.56 Å². The highest BCUT2D eigenvalue weighted by molar-refractivity contribution is 5.94. The number of rotatable bonds is 3. The Kier molecular flexibility index (Phi) is 4.29. The van der Waals surface area contributed by atoms with Crippen molar-refractivity contribution in [3.05, 3.63) is 35.4 Å². The first-order valence-corrected chi connectivity index (χ1v) is 5.87. The molecule has 0 saturated heterocycles. The molecule has 3 heteroatoms. The largest absolute Gasteiger partial charge is 0.394 e. The van der Waals surface area contributed by atoms with Gasteiger partial charge in [-0.25, -0.2) is 0 Å². The zero-order valence-corrected chi connectivity index (χ0v) is 10.9. The summed E-state index contributed by atoms with van der Waals surface area (Å²) in [4.78, 5) is 11.8. The molecule has 0 radical (unpaired) electrons. The Morgan fingerprint density at radius 1 is 1.29 bits per heavy atom. The Hall–Kier alpha value is -1.35. The molecule has 1 aromatic rings. The van der Waals surface area contributed by atoms with Crippen molar-refractivity contribution in [2.24, 2.45) is 0 Å². The molecule has 0 aromatic heterocycles. The fourth-order valence-electron chi connectivity index (χ4n) is 1.47. The first-order chi connectivity index (χ1) is 7.84. The lowest BCUT2D eigenvalue weighted by Crippen LogP contribution is -2.35. The van der Waals surface area contributed by atoms with Gasteiger partial charge in [-0.2, -0.15) is 0 Å². The Bertz CT molecular complexity index is 376. The molecule has 0 saturated carbocycles. The molecule has 0 heterocycles. The summed E-state index contributed by atoms with van der Waals surface area (Å²) < 4.78 is 0. The third-order valence-corrected chi connectivity index (χ3v) is 2.66. The molecule has 0 aliphatic heterocycles. The standard InChI is InChI=1S/C14H21NO2/c1-10(9-16)15-13(17)11-5-7-12(8-6-11)14(2,3)4/h5-8,10,16H,9H2,1-4H3,(H,15,17)/t10-/m0/s1. The lowest BCUT2D eigenvalue weighted by Gasteiger charge is -2.19. The summed E-state index contributed by atoms with van der Waals surface area (Å²) in [5, 5.41) is 11.6. The van der Waals surface area contributed by atoms with E-state index in [0.29, 0.717) is 5.56 Å². The molecule has 0 spiro atoms. The highest BCUT2D eigenvalue weighted by Gasteiger charge is 2.14. The van der Waals surface area contributed by atoms with Gasteiger partial charge in [-0.1, -0.05) is 32.9 Å². The molecule has 1 rings (SSSR count). The fourth-order valence-corrected chi connectivity index (χ4v) is 1.47. The fraction of sp³-hybridized carbons (Fsp3) is 0.500. The van der Waals surface area contributed by atoms with Crippen LogP contribution in [0.1, 0.15) is 43.6 Å². The van der Waals surface area contributed by atoms with Crippen molar-refractivity contribution in [2.75, 3.05) is 6.61 Å². The number of hydrogen-bond acceptors (Lipinski definition) is 2. The minimum atomic E-state index is -0.218. The highest BCUT2D eigenvalue weighted by atomic mass is 16.3. The zero-order chi connectivity index (χ0) is 13.1. The van der Waals surface area contributed by atoms with Gasteiger partial charge in [0.2, 0.25) is 0 Å². The lowest BCUT2D eigenvalue weighted by molar-refractivity contribution is 0.0922. The Balaban J connectivity index is 2.78. The van der Waals surface area contributed by atoms with Crippen molar-refractivity contribution in [1.29, 1.82) is 0 Å². The molecule has 0 aliphatic rings. The predicted molar refractivity (Wildman–Crippen MR) is 69.2 cm³/mol. The van der Waals surface area contributed by atoms with Crippen molar-refractivity contribution in [3.63, 3.8) is 0 Å². The molecule has 94 valence electrons. The summed E-state index contributed by atoms with van der Waals surface area (Å²) in [7, 11) is 0. The van der Waals surface area contributed by atoms with Crippen LogP contribution < -0.4 is 5.32 Å². The van der Waals surface area contributed by atoms with Gasteiger partial charge in [0, 0.05) is 11.6 Å². The van der Waals surface area contributed by atoms with Gasteiger partial charge in [-0.15, -0.1) is 0 Å². The Morgan fingerprint density at radius 3 is 2.24 bits per heavy atom. The zero-order valence-electron chi connectivity index (χ0n) is 10.9. The molecule has 1 amide bonds. The van der Waals surface area contributed by atoms with Crippen LogP contribution in [0.5, 0.6) is 0 Å². The van der Waals surface area contributed by atoms with Gasteiger partial charge in [0.05, 0.1) is 6.61 Å². The first kappa shape index (κ1) is 13.7. The van der Waals surface area contributed by atoms with Crippen molar-refractivity contribution in [3.8, 4) is 0 Å². The summed E-state index contributed by atoms with van der Waals surface area (Å²) in [6.45, 7) is 8.12. The molecule has 0 bridgehead atoms. The molecule has 1 atom stereocenters. The minimum absolute atomic E-state index is 0.0498. The van der Waals surface area contributed by atoms with E-state index >= 15 is 0 Å². The predicted octanol–water partition coefficient (Wildman–Crippen LogP) is 2.09. The maximum absolute atomic E-state index is 11.8. The molecule has 0 fully saturated rings. The van der Waals surface area contributed by atoms with E-state index in [9.17, 15) is 4.79 Å². The number of amides is 1. The molecule has 17 heavy (non-hydrogen) atoms. The summed E-state index contributed by atoms with van der Waals surface area (Å²) >= 11 is 0. The van der Waals surface area contributed by atoms with Gasteiger partial charge in [0.1, 0.15) is 0 Å². The number of carbonyl (C=O) groups excluding carboxylic acids is 1. The van der Waals surface area contributed by atoms with Gasteiger partial charge in [-0.3, -0.25) is 4.79 Å². The van der Waals surface area contributed by atoms with E-state index in [1.54, 1.807) is 6.92 Å². The number of aliphatic hydroxyl groups is 1. The smallest absolute Gasteiger partial charge is 0.251 e. The first-order valence-electron chi connectivity index (χ1n) is 5.87. The Labute approximate surface area is 103 Å². The van der Waals surface area contributed by atoms with Gasteiger partial charge >= 0.3 is 0 Å². The van der Waals surface area contributed by atoms with Crippen molar-refractivity contribution in [1.82, 2.24) is 5.32 Å². The van der Waals surface area contributed by atoms with Gasteiger partial charge in [0.15, 0.2) is 0 Å². The summed E-state index contributed by atoms with van der Waals surface area (Å²) in [5.74, 6) is -0.146. The maximum atomic E-state index is 11.8. The molecular formula is C14H21NO2. The normalized spacial score (nSPS) is 13.2. The van der Waals surface area contributed by atoms with Crippen LogP contribution in [0.3, 0.4) is 0 Å². The van der Waals surface area contributed by atoms with Crippen LogP contribution in [0.4, 0.5) is 0 Å². The number of benzene rings is 1. The summed E-state index contributed by atoms with van der Waals surface area (Å²) in [6.07, 6.45) is 0. The van der Waals surface area contributed by atoms with Crippen LogP contribution in [0.25, 0.3) is 0 Å². The Morgan fingerprint density at radius 2 is 1.82 bits per heavy atom. The quantitative estimate of drug-likeness (QED) is 0.843. The number of nitrogens with one attached hydrogen (secondary N) is 1. The van der Waals surface area contributed by atoms with Crippen molar-refractivity contribution >= 4 is 5.91 Å². The number of aliphatic hydroxyl groups excluding tert-OH is 1. The van der Waals surface area contributed by atoms with E-state index in [-0.39, 0.29) is 24.0 Å². The second kappa shape index (κ2) is 5.32. The molecule has 1 aromatic carbocycles. The van der Waals surface area contributed by atoms with Crippen LogP contribution in [0.2, 0.25) is 0 Å². The third kappa shape index (κ3) is 3.86. The van der Waals surface area contributed by atoms with Gasteiger partial charge in [0.25, 0.3) is 5.91 Å². The third-order valence-electron chi connectivity index (χ3n) is 2.66. The van der Waals surface area contributed by atoms with Gasteiger partial charge < -0.3 is 10.4 Å². The SMILES string of the molecule is C[C@@H](CO)NC(=O)c1ccc(C(C)(C)C)cc1. The molecule has 3 nitrogen and oxygen atoms in total. The lowest BCUT2D eigenvalue weighted by atomic mass is 9.86. The highest BCUT2D eigenvalue weighted by Crippen LogP contribution is 2.22. The molecule has 0 unspecified atom stereocenters. The average molecular weight is 235 g/mol. The second-order valence-electron chi connectivity index (χ2n) is 5.38. The van der Waals surface area contributed by atoms with E-state index < -0.39 is 0 Å². The van der Waals surface area contributed by atoms with Crippen LogP contribution in [-0.4, -0.2) is 23.7 Å². The van der Waals surface area contributed by atoms with E-state index in [4.69, 9.17) is 5.11 Å². The monoisotopic (exact) mass is 235 g/mol. The molecule has 2 N–H and O–H groups in total. The maximum Gasteiger partial charge on any atom is 0.251 e. The van der Waals surface area contributed by atoms with Gasteiger partial charge in [-0.05, 0) is 30.0 Å². The van der Waals surface area contributed by atoms with Crippen molar-refractivity contribution in [2.45, 2.75) is 39.2 Å². The summed E-state index contributed by atoms with van der Waals surface area (Å²) in [5.41, 5.74) is 1.91. The average Bonchev–Trinajstić information content (AvgIpc) is 2.27.